The van der Waals surface area contributed by atoms with Crippen LogP contribution in [0.5, 0.6) is 0 Å². The van der Waals surface area contributed by atoms with Crippen LogP contribution in [0.15, 0.2) is 53.7 Å². The zero-order chi connectivity index (χ0) is 22.3. The number of aliphatic imine (C=N–C) groups is 1. The summed E-state index contributed by atoms with van der Waals surface area (Å²) in [5, 5.41) is 12.0. The summed E-state index contributed by atoms with van der Waals surface area (Å²) in [4.78, 5) is 9.80. The molecule has 2 aromatic heterocycles. The van der Waals surface area contributed by atoms with Crippen molar-refractivity contribution in [3.63, 3.8) is 0 Å². The van der Waals surface area contributed by atoms with Crippen molar-refractivity contribution in [1.82, 2.24) is 29.7 Å². The highest BCUT2D eigenvalue weighted by atomic mass is 127. The first kappa shape index (κ1) is 25.4. The minimum absolute atomic E-state index is 0. The number of hydrogen-bond donors (Lipinski definition) is 1. The summed E-state index contributed by atoms with van der Waals surface area (Å²) >= 11 is 0. The number of benzene rings is 1. The molecule has 0 bridgehead atoms. The number of halogens is 1. The fourth-order valence-corrected chi connectivity index (χ4v) is 4.13. The summed E-state index contributed by atoms with van der Waals surface area (Å²) in [6.07, 6.45) is 2.78. The van der Waals surface area contributed by atoms with E-state index in [1.54, 1.807) is 0 Å². The van der Waals surface area contributed by atoms with Crippen LogP contribution in [-0.4, -0.2) is 69.6 Å². The molecule has 4 rings (SSSR count). The van der Waals surface area contributed by atoms with Crippen LogP contribution in [-0.2, 0) is 13.0 Å². The smallest absolute Gasteiger partial charge is 0.194 e. The molecule has 8 heteroatoms. The van der Waals surface area contributed by atoms with Crippen molar-refractivity contribution in [3.8, 4) is 0 Å². The molecule has 0 amide bonds. The molecule has 1 saturated heterocycles. The zero-order valence-corrected chi connectivity index (χ0v) is 22.3. The number of pyridine rings is 1. The molecule has 0 unspecified atom stereocenters. The maximum atomic E-state index is 4.89. The van der Waals surface area contributed by atoms with Crippen LogP contribution in [0.4, 0.5) is 0 Å². The first-order chi connectivity index (χ1) is 15.6. The van der Waals surface area contributed by atoms with Gasteiger partial charge in [-0.05, 0) is 36.1 Å². The minimum Gasteiger partial charge on any atom is -0.357 e. The molecule has 178 valence electrons. The standard InChI is InChI=1S/C25H35N7.HI/c1-4-26-25(27-13-12-24-29-28-23-7-5-6-14-32(23)24)31-17-15-30(16-18-31)19-21-8-10-22(11-9-21)20(2)3;/h5-11,14,20H,4,12-13,15-19H2,1-3H3,(H,26,27);1H. The average molecular weight is 562 g/mol. The van der Waals surface area contributed by atoms with Gasteiger partial charge in [-0.1, -0.05) is 44.2 Å². The molecule has 0 radical (unpaired) electrons. The maximum Gasteiger partial charge on any atom is 0.194 e. The monoisotopic (exact) mass is 561 g/mol. The van der Waals surface area contributed by atoms with Crippen LogP contribution in [0, 0.1) is 0 Å². The molecular formula is C25H36IN7. The third-order valence-electron chi connectivity index (χ3n) is 6.04. The van der Waals surface area contributed by atoms with Gasteiger partial charge in [-0.2, -0.15) is 0 Å². The second-order valence-corrected chi connectivity index (χ2v) is 8.69. The van der Waals surface area contributed by atoms with Gasteiger partial charge in [0.1, 0.15) is 5.82 Å². The van der Waals surface area contributed by atoms with E-state index in [4.69, 9.17) is 4.99 Å². The molecule has 1 aliphatic rings. The lowest BCUT2D eigenvalue weighted by Gasteiger charge is -2.36. The topological polar surface area (TPSA) is 61.1 Å². The van der Waals surface area contributed by atoms with Crippen LogP contribution in [0.25, 0.3) is 5.65 Å². The van der Waals surface area contributed by atoms with Gasteiger partial charge in [0.05, 0.1) is 0 Å². The van der Waals surface area contributed by atoms with E-state index in [-0.39, 0.29) is 24.0 Å². The first-order valence-corrected chi connectivity index (χ1v) is 11.8. The highest BCUT2D eigenvalue weighted by Gasteiger charge is 2.19. The lowest BCUT2D eigenvalue weighted by atomic mass is 10.0. The Labute approximate surface area is 214 Å². The molecule has 1 N–H and O–H groups in total. The second-order valence-electron chi connectivity index (χ2n) is 8.69. The molecule has 7 nitrogen and oxygen atoms in total. The zero-order valence-electron chi connectivity index (χ0n) is 19.9. The van der Waals surface area contributed by atoms with Crippen LogP contribution in [0.1, 0.15) is 43.6 Å². The van der Waals surface area contributed by atoms with Crippen LogP contribution in [0.2, 0.25) is 0 Å². The molecule has 0 saturated carbocycles. The largest absolute Gasteiger partial charge is 0.357 e. The van der Waals surface area contributed by atoms with E-state index in [1.807, 2.05) is 28.8 Å². The van der Waals surface area contributed by atoms with E-state index in [1.165, 1.54) is 11.1 Å². The lowest BCUT2D eigenvalue weighted by molar-refractivity contribution is 0.172. The molecule has 1 aromatic carbocycles. The van der Waals surface area contributed by atoms with E-state index < -0.39 is 0 Å². The lowest BCUT2D eigenvalue weighted by Crippen LogP contribution is -2.52. The molecule has 1 fully saturated rings. The Morgan fingerprint density at radius 3 is 2.48 bits per heavy atom. The fraction of sp³-hybridized carbons (Fsp3) is 0.480. The SMILES string of the molecule is CCNC(=NCCc1nnc2ccccn12)N1CCN(Cc2ccc(C(C)C)cc2)CC1.I. The van der Waals surface area contributed by atoms with Crippen molar-refractivity contribution in [1.29, 1.82) is 0 Å². The summed E-state index contributed by atoms with van der Waals surface area (Å²) in [5.41, 5.74) is 3.68. The van der Waals surface area contributed by atoms with Gasteiger partial charge in [0.15, 0.2) is 11.6 Å². The van der Waals surface area contributed by atoms with E-state index in [0.717, 1.165) is 63.1 Å². The van der Waals surface area contributed by atoms with E-state index in [9.17, 15) is 0 Å². The van der Waals surface area contributed by atoms with Crippen LogP contribution in [0.3, 0.4) is 0 Å². The Morgan fingerprint density at radius 1 is 1.03 bits per heavy atom. The number of piperazine rings is 1. The predicted molar refractivity (Wildman–Crippen MR) is 145 cm³/mol. The second kappa shape index (κ2) is 12.3. The van der Waals surface area contributed by atoms with Crippen LogP contribution < -0.4 is 5.32 Å². The van der Waals surface area contributed by atoms with Crippen molar-refractivity contribution >= 4 is 35.6 Å². The van der Waals surface area contributed by atoms with E-state index in [0.29, 0.717) is 12.5 Å². The summed E-state index contributed by atoms with van der Waals surface area (Å²) in [6, 6.07) is 15.1. The van der Waals surface area contributed by atoms with Gasteiger partial charge >= 0.3 is 0 Å². The Balaban J connectivity index is 0.00000306. The van der Waals surface area contributed by atoms with Gasteiger partial charge in [-0.25, -0.2) is 0 Å². The van der Waals surface area contributed by atoms with Crippen molar-refractivity contribution in [2.45, 2.75) is 39.7 Å². The van der Waals surface area contributed by atoms with Gasteiger partial charge in [0.2, 0.25) is 0 Å². The number of nitrogens with zero attached hydrogens (tertiary/aromatic N) is 6. The summed E-state index contributed by atoms with van der Waals surface area (Å²) in [6.45, 7) is 13.3. The minimum atomic E-state index is 0. The van der Waals surface area contributed by atoms with Gasteiger partial charge in [0, 0.05) is 58.4 Å². The summed E-state index contributed by atoms with van der Waals surface area (Å²) < 4.78 is 2.04. The summed E-state index contributed by atoms with van der Waals surface area (Å²) in [5.74, 6) is 2.54. The van der Waals surface area contributed by atoms with Crippen LogP contribution >= 0.6 is 24.0 Å². The summed E-state index contributed by atoms with van der Waals surface area (Å²) in [7, 11) is 0. The highest BCUT2D eigenvalue weighted by molar-refractivity contribution is 14.0. The number of aromatic nitrogens is 3. The number of fused-ring (bicyclic) bond motifs is 1. The van der Waals surface area contributed by atoms with Crippen molar-refractivity contribution in [3.05, 3.63) is 65.6 Å². The maximum absolute atomic E-state index is 4.89. The van der Waals surface area contributed by atoms with Gasteiger partial charge in [0.25, 0.3) is 0 Å². The van der Waals surface area contributed by atoms with Gasteiger partial charge in [-0.15, -0.1) is 34.2 Å². The Hall–Kier alpha value is -2.20. The Morgan fingerprint density at radius 2 is 1.79 bits per heavy atom. The molecule has 3 aromatic rings. The number of nitrogens with one attached hydrogen (secondary N) is 1. The third-order valence-corrected chi connectivity index (χ3v) is 6.04. The molecule has 33 heavy (non-hydrogen) atoms. The predicted octanol–water partition coefficient (Wildman–Crippen LogP) is 3.80. The Bertz CT molecular complexity index is 1020. The number of hydrogen-bond acceptors (Lipinski definition) is 4. The van der Waals surface area contributed by atoms with E-state index in [2.05, 4.69) is 70.4 Å². The molecule has 1 aliphatic heterocycles. The number of guanidine groups is 1. The van der Waals surface area contributed by atoms with Crippen molar-refractivity contribution in [2.24, 2.45) is 4.99 Å². The fourth-order valence-electron chi connectivity index (χ4n) is 4.13. The van der Waals surface area contributed by atoms with Crippen molar-refractivity contribution < 1.29 is 0 Å². The Kier molecular flexibility index (Phi) is 9.49. The highest BCUT2D eigenvalue weighted by Crippen LogP contribution is 2.16. The first-order valence-electron chi connectivity index (χ1n) is 11.8. The van der Waals surface area contributed by atoms with Gasteiger partial charge < -0.3 is 10.2 Å². The number of rotatable bonds is 7. The molecule has 3 heterocycles. The van der Waals surface area contributed by atoms with E-state index >= 15 is 0 Å². The molecule has 0 aliphatic carbocycles. The van der Waals surface area contributed by atoms with Gasteiger partial charge in [-0.3, -0.25) is 14.3 Å². The van der Waals surface area contributed by atoms with Crippen molar-refractivity contribution in [2.75, 3.05) is 39.3 Å². The normalized spacial score (nSPS) is 15.2. The molecule has 0 atom stereocenters. The molecular weight excluding hydrogens is 525 g/mol. The quantitative estimate of drug-likeness (QED) is 0.270. The molecule has 0 spiro atoms. The average Bonchev–Trinajstić information content (AvgIpc) is 3.23. The third kappa shape index (κ3) is 6.66.